The van der Waals surface area contributed by atoms with E-state index in [0.717, 1.165) is 15.7 Å². The molecule has 246 valence electrons. The third-order valence-corrected chi connectivity index (χ3v) is 20.1. The largest absolute Gasteiger partial charge is 0.377 e. The molecular formula is C34H61NO6SiSn. The van der Waals surface area contributed by atoms with E-state index in [1.165, 1.54) is 0 Å². The minimum absolute atomic E-state index is 0.0240. The zero-order valence-electron chi connectivity index (χ0n) is 29.4. The molecule has 0 saturated carbocycles. The molecule has 1 aliphatic heterocycles. The second-order valence-electron chi connectivity index (χ2n) is 14.1. The summed E-state index contributed by atoms with van der Waals surface area (Å²) in [6.45, 7) is 19.9. The van der Waals surface area contributed by atoms with Crippen LogP contribution in [-0.4, -0.2) is 83.2 Å². The maximum atomic E-state index is 7.46. The van der Waals surface area contributed by atoms with E-state index in [2.05, 4.69) is 88.1 Å². The summed E-state index contributed by atoms with van der Waals surface area (Å²) in [6, 6.07) is 0. The van der Waals surface area contributed by atoms with Gasteiger partial charge in [-0.1, -0.05) is 6.08 Å². The van der Waals surface area contributed by atoms with Gasteiger partial charge in [0.05, 0.1) is 6.10 Å². The summed E-state index contributed by atoms with van der Waals surface area (Å²) in [7, 11) is 2.93. The van der Waals surface area contributed by atoms with E-state index in [0.29, 0.717) is 41.8 Å². The molecule has 1 aliphatic rings. The molecule has 43 heavy (non-hydrogen) atoms. The van der Waals surface area contributed by atoms with Crippen LogP contribution in [0, 0.1) is 0 Å². The van der Waals surface area contributed by atoms with Crippen LogP contribution in [0.15, 0.2) is 47.1 Å². The molecule has 0 spiro atoms. The molecule has 7 nitrogen and oxygen atoms in total. The maximum absolute atomic E-state index is 7.46. The molecule has 0 aliphatic carbocycles. The zero-order chi connectivity index (χ0) is 32.6. The molecule has 0 unspecified atom stereocenters. The monoisotopic (exact) mass is 727 g/mol. The molecule has 2 heterocycles. The summed E-state index contributed by atoms with van der Waals surface area (Å²) >= 11 is -2.39. The molecule has 1 saturated heterocycles. The van der Waals surface area contributed by atoms with Crippen LogP contribution in [0.3, 0.4) is 0 Å². The van der Waals surface area contributed by atoms with Crippen LogP contribution in [0.2, 0.25) is 31.4 Å². The number of methoxy groups -OCH3 is 3. The first-order valence-corrected chi connectivity index (χ1v) is 28.1. The summed E-state index contributed by atoms with van der Waals surface area (Å²) in [5.41, 5.74) is 2.37. The molecular weight excluding hydrogens is 665 g/mol. The molecule has 2 rings (SSSR count). The molecule has 1 aromatic heterocycles. The van der Waals surface area contributed by atoms with Gasteiger partial charge in [0.1, 0.15) is 0 Å². The Hall–Kier alpha value is -0.754. The zero-order valence-corrected chi connectivity index (χ0v) is 33.2. The number of ether oxygens (including phenoxy) is 4. The molecule has 0 N–H and O–H groups in total. The van der Waals surface area contributed by atoms with Crippen LogP contribution in [0.1, 0.15) is 73.6 Å². The van der Waals surface area contributed by atoms with Crippen LogP contribution >= 0.6 is 0 Å². The van der Waals surface area contributed by atoms with Crippen molar-refractivity contribution in [1.82, 2.24) is 4.98 Å². The average Bonchev–Trinajstić information content (AvgIpc) is 3.41. The first-order valence-electron chi connectivity index (χ1n) is 16.0. The Labute approximate surface area is 267 Å². The Balaban J connectivity index is 2.58. The van der Waals surface area contributed by atoms with Gasteiger partial charge in [-0.2, -0.15) is 0 Å². The van der Waals surface area contributed by atoms with E-state index >= 15 is 0 Å². The quantitative estimate of drug-likeness (QED) is 0.0917. The van der Waals surface area contributed by atoms with E-state index in [-0.39, 0.29) is 24.4 Å². The van der Waals surface area contributed by atoms with Gasteiger partial charge in [0.25, 0.3) is 0 Å². The Bertz CT molecular complexity index is 1040. The SMILES string of the molecule is C=CC[C@H](/C=C/C(C)=C/[C@H](O[Si](C(C)C)(C(C)C)C(C)C)[C@H]1C[C@@H](OC)C[C@](Cc2n[c]([Sn]([CH3])([CH3])[CH3])co2)(OC)O1)OC. The van der Waals surface area contributed by atoms with Crippen molar-refractivity contribution in [2.75, 3.05) is 21.3 Å². The van der Waals surface area contributed by atoms with Crippen LogP contribution in [0.4, 0.5) is 0 Å². The fourth-order valence-corrected chi connectivity index (χ4v) is 14.6. The molecule has 1 aromatic rings. The van der Waals surface area contributed by atoms with Gasteiger partial charge >= 0.3 is 232 Å². The molecule has 1 fully saturated rings. The standard InChI is InChI=1S/C31H52NO6Si.3CH3.Sn/c1-12-13-26(33-9)15-14-25(8)18-29(38-39(22(2)3,23(4)5)24(6)7)28-19-27(34-10)20-31(35-11,37-28)21-30-32-16-17-36-30;;;;/h12,14-15,17-18,22-24,26-29H,1,13,19-21H2,2-11H3;3*1H3;/b15-14+,25-18+;;;;/t26-,27-,28-,29+,31+;;;;/m1..../s1. The number of allylic oxidation sites excluding steroid dienone is 2. The normalized spacial score (nSPS) is 24.0. The third kappa shape index (κ3) is 10.1. The summed E-state index contributed by atoms with van der Waals surface area (Å²) in [5, 5.41) is 0. The second kappa shape index (κ2) is 16.7. The molecule has 0 aromatic carbocycles. The Morgan fingerprint density at radius 3 is 2.21 bits per heavy atom. The van der Waals surface area contributed by atoms with Crippen LogP contribution < -0.4 is 3.71 Å². The van der Waals surface area contributed by atoms with Crippen molar-refractivity contribution < 1.29 is 27.8 Å². The molecule has 0 bridgehead atoms. The summed E-state index contributed by atoms with van der Waals surface area (Å²) < 4.78 is 39.4. The Morgan fingerprint density at radius 2 is 1.74 bits per heavy atom. The van der Waals surface area contributed by atoms with Gasteiger partial charge < -0.3 is 4.74 Å². The van der Waals surface area contributed by atoms with E-state index < -0.39 is 32.5 Å². The Kier molecular flexibility index (Phi) is 14.9. The fourth-order valence-electron chi connectivity index (χ4n) is 6.58. The van der Waals surface area contributed by atoms with Gasteiger partial charge in [0.2, 0.25) is 0 Å². The van der Waals surface area contributed by atoms with Crippen molar-refractivity contribution >= 4 is 30.4 Å². The van der Waals surface area contributed by atoms with Crippen molar-refractivity contribution in [3.05, 3.63) is 48.6 Å². The molecule has 9 heteroatoms. The van der Waals surface area contributed by atoms with Crippen molar-refractivity contribution in [2.24, 2.45) is 0 Å². The van der Waals surface area contributed by atoms with Gasteiger partial charge in [-0.25, -0.2) is 0 Å². The van der Waals surface area contributed by atoms with Crippen molar-refractivity contribution in [3.63, 3.8) is 0 Å². The van der Waals surface area contributed by atoms with Crippen molar-refractivity contribution in [2.45, 2.75) is 136 Å². The van der Waals surface area contributed by atoms with Crippen molar-refractivity contribution in [3.8, 4) is 0 Å². The Morgan fingerprint density at radius 1 is 1.12 bits per heavy atom. The minimum atomic E-state index is -2.39. The fraction of sp³-hybridized carbons (Fsp3) is 0.735. The smallest absolute Gasteiger partial charge is 0.0363 e. The average molecular weight is 727 g/mol. The molecule has 5 atom stereocenters. The van der Waals surface area contributed by atoms with Crippen LogP contribution in [0.5, 0.6) is 0 Å². The first kappa shape index (κ1) is 38.4. The van der Waals surface area contributed by atoms with Gasteiger partial charge in [-0.15, -0.1) is 6.58 Å². The summed E-state index contributed by atoms with van der Waals surface area (Å²) in [4.78, 5) is 11.9. The summed E-state index contributed by atoms with van der Waals surface area (Å²) in [5.74, 6) is -0.296. The van der Waals surface area contributed by atoms with Crippen LogP contribution in [0.25, 0.3) is 0 Å². The van der Waals surface area contributed by atoms with Gasteiger partial charge in [0.15, 0.2) is 0 Å². The molecule has 0 amide bonds. The van der Waals surface area contributed by atoms with E-state index in [1.807, 2.05) is 12.3 Å². The maximum Gasteiger partial charge on any atom is 0.0363 e. The minimum Gasteiger partial charge on any atom is -0.377 e. The van der Waals surface area contributed by atoms with Gasteiger partial charge in [-0.05, 0) is 6.42 Å². The van der Waals surface area contributed by atoms with E-state index in [4.69, 9.17) is 32.8 Å². The third-order valence-electron chi connectivity index (χ3n) is 8.96. The number of nitrogens with zero attached hydrogens (tertiary/aromatic N) is 1. The number of hydrogen-bond acceptors (Lipinski definition) is 7. The van der Waals surface area contributed by atoms with Crippen molar-refractivity contribution in [1.29, 1.82) is 0 Å². The number of rotatable bonds is 17. The van der Waals surface area contributed by atoms with Gasteiger partial charge in [0, 0.05) is 7.11 Å². The van der Waals surface area contributed by atoms with E-state index in [1.54, 1.807) is 21.3 Å². The number of oxazole rings is 1. The predicted octanol–water partition coefficient (Wildman–Crippen LogP) is 7.95. The first-order chi connectivity index (χ1) is 20.1. The van der Waals surface area contributed by atoms with Gasteiger partial charge in [-0.3, -0.25) is 0 Å². The summed E-state index contributed by atoms with van der Waals surface area (Å²) in [6.07, 6.45) is 11.9. The number of aromatic nitrogens is 1. The molecule has 0 radical (unpaired) electrons. The van der Waals surface area contributed by atoms with E-state index in [9.17, 15) is 0 Å². The predicted molar refractivity (Wildman–Crippen MR) is 182 cm³/mol. The topological polar surface area (TPSA) is 72.2 Å². The van der Waals surface area contributed by atoms with Crippen LogP contribution in [-0.2, 0) is 29.8 Å². The number of hydrogen-bond donors (Lipinski definition) is 0. The second-order valence-corrected chi connectivity index (χ2v) is 33.8.